The number of anilines is 2. The number of nitrogens with zero attached hydrogens (tertiary/aromatic N) is 3. The lowest BCUT2D eigenvalue weighted by Crippen LogP contribution is -2.49. The summed E-state index contributed by atoms with van der Waals surface area (Å²) in [5.41, 5.74) is -3.37. The zero-order valence-electron chi connectivity index (χ0n) is 17.3. The highest BCUT2D eigenvalue weighted by atomic mass is 19.4. The Morgan fingerprint density at radius 2 is 1.44 bits per heavy atom. The van der Waals surface area contributed by atoms with Crippen molar-refractivity contribution in [2.24, 2.45) is 0 Å². The van der Waals surface area contributed by atoms with Gasteiger partial charge in [-0.2, -0.15) is 31.6 Å². The van der Waals surface area contributed by atoms with Crippen molar-refractivity contribution in [2.45, 2.75) is 12.4 Å². The highest BCUT2D eigenvalue weighted by Crippen LogP contribution is 2.37. The maximum Gasteiger partial charge on any atom is 0.416 e. The number of halogens is 7. The summed E-state index contributed by atoms with van der Waals surface area (Å²) in [5, 5.41) is 11.5. The van der Waals surface area contributed by atoms with Gasteiger partial charge in [0.25, 0.3) is 5.91 Å². The van der Waals surface area contributed by atoms with Crippen LogP contribution in [-0.2, 0) is 17.1 Å². The van der Waals surface area contributed by atoms with Crippen LogP contribution in [0.5, 0.6) is 0 Å². The van der Waals surface area contributed by atoms with E-state index < -0.39 is 46.5 Å². The Labute approximate surface area is 189 Å². The minimum atomic E-state index is -5.03. The standard InChI is InChI=1S/C22H17F7N4O/c23-17-1-3-19(4-2-17)32-5-7-33(8-6-32)20(34)14(12-30)13-31-18-10-15(21(24,25)26)9-16(11-18)22(27,28)29/h1-4,9-11,13,31H,5-8H2/b14-13-. The summed E-state index contributed by atoms with van der Waals surface area (Å²) in [5.74, 6) is -1.12. The fourth-order valence-electron chi connectivity index (χ4n) is 3.33. The minimum absolute atomic E-state index is 0.0220. The quantitative estimate of drug-likeness (QED) is 0.374. The van der Waals surface area contributed by atoms with Crippen LogP contribution in [0.25, 0.3) is 0 Å². The molecule has 1 aliphatic rings. The van der Waals surface area contributed by atoms with Crippen molar-refractivity contribution in [3.05, 3.63) is 71.2 Å². The van der Waals surface area contributed by atoms with Crippen LogP contribution in [0.3, 0.4) is 0 Å². The summed E-state index contributed by atoms with van der Waals surface area (Å²) in [7, 11) is 0. The van der Waals surface area contributed by atoms with E-state index in [4.69, 9.17) is 0 Å². The van der Waals surface area contributed by atoms with Crippen LogP contribution in [0.15, 0.2) is 54.2 Å². The average Bonchev–Trinajstić information content (AvgIpc) is 2.78. The number of rotatable bonds is 4. The van der Waals surface area contributed by atoms with E-state index in [2.05, 4.69) is 5.32 Å². The molecule has 180 valence electrons. The van der Waals surface area contributed by atoms with Crippen LogP contribution >= 0.6 is 0 Å². The molecule has 0 atom stereocenters. The van der Waals surface area contributed by atoms with Gasteiger partial charge in [0, 0.05) is 43.8 Å². The minimum Gasteiger partial charge on any atom is -0.368 e. The van der Waals surface area contributed by atoms with Crippen LogP contribution in [-0.4, -0.2) is 37.0 Å². The molecule has 0 aliphatic carbocycles. The van der Waals surface area contributed by atoms with Crippen LogP contribution in [0.1, 0.15) is 11.1 Å². The van der Waals surface area contributed by atoms with Crippen molar-refractivity contribution < 1.29 is 35.5 Å². The summed E-state index contributed by atoms with van der Waals surface area (Å²) in [6.45, 7) is 1.17. The second-order valence-electron chi connectivity index (χ2n) is 7.36. The Hall–Kier alpha value is -3.75. The lowest BCUT2D eigenvalue weighted by molar-refractivity contribution is -0.143. The molecule has 3 rings (SSSR count). The molecular formula is C22H17F7N4O. The molecule has 0 bridgehead atoms. The lowest BCUT2D eigenvalue weighted by atomic mass is 10.1. The summed E-state index contributed by atoms with van der Waals surface area (Å²) in [4.78, 5) is 15.9. The van der Waals surface area contributed by atoms with Crippen LogP contribution in [0, 0.1) is 17.1 Å². The number of alkyl halides is 6. The summed E-state index contributed by atoms with van der Waals surface area (Å²) in [6.07, 6.45) is -9.27. The predicted molar refractivity (Wildman–Crippen MR) is 109 cm³/mol. The average molecular weight is 486 g/mol. The molecule has 0 unspecified atom stereocenters. The third-order valence-electron chi connectivity index (χ3n) is 5.08. The predicted octanol–water partition coefficient (Wildman–Crippen LogP) is 5.03. The highest BCUT2D eigenvalue weighted by molar-refractivity contribution is 5.97. The van der Waals surface area contributed by atoms with E-state index in [1.807, 2.05) is 4.90 Å². The molecule has 2 aromatic carbocycles. The molecule has 1 heterocycles. The van der Waals surface area contributed by atoms with E-state index in [1.165, 1.54) is 17.0 Å². The van der Waals surface area contributed by atoms with Gasteiger partial charge in [-0.1, -0.05) is 0 Å². The Kier molecular flexibility index (Phi) is 7.04. The molecule has 0 aromatic heterocycles. The maximum atomic E-state index is 13.1. The number of amides is 1. The van der Waals surface area contributed by atoms with Gasteiger partial charge in [-0.15, -0.1) is 0 Å². The number of nitriles is 1. The zero-order valence-corrected chi connectivity index (χ0v) is 17.3. The molecule has 1 saturated heterocycles. The van der Waals surface area contributed by atoms with Gasteiger partial charge < -0.3 is 15.1 Å². The lowest BCUT2D eigenvalue weighted by Gasteiger charge is -2.36. The summed E-state index contributed by atoms with van der Waals surface area (Å²) >= 11 is 0. The molecule has 1 aliphatic heterocycles. The van der Waals surface area contributed by atoms with Gasteiger partial charge in [-0.05, 0) is 42.5 Å². The summed E-state index contributed by atoms with van der Waals surface area (Å²) < 4.78 is 91.1. The van der Waals surface area contributed by atoms with Gasteiger partial charge in [0.15, 0.2) is 0 Å². The van der Waals surface area contributed by atoms with Crippen molar-refractivity contribution in [3.8, 4) is 6.07 Å². The molecule has 5 nitrogen and oxygen atoms in total. The molecule has 1 N–H and O–H groups in total. The monoisotopic (exact) mass is 486 g/mol. The maximum absolute atomic E-state index is 13.1. The van der Waals surface area contributed by atoms with Crippen molar-refractivity contribution in [1.29, 1.82) is 5.26 Å². The Morgan fingerprint density at radius 1 is 0.912 bits per heavy atom. The van der Waals surface area contributed by atoms with Crippen LogP contribution in [0.4, 0.5) is 42.1 Å². The van der Waals surface area contributed by atoms with Gasteiger partial charge in [0.1, 0.15) is 17.5 Å². The largest absolute Gasteiger partial charge is 0.416 e. The van der Waals surface area contributed by atoms with Crippen molar-refractivity contribution >= 4 is 17.3 Å². The normalized spacial score (nSPS) is 15.2. The number of piperazine rings is 1. The van der Waals surface area contributed by atoms with Crippen LogP contribution in [0.2, 0.25) is 0 Å². The number of nitrogens with one attached hydrogen (secondary N) is 1. The molecule has 0 spiro atoms. The zero-order chi connectivity index (χ0) is 25.1. The molecule has 1 fully saturated rings. The molecule has 1 amide bonds. The van der Waals surface area contributed by atoms with Gasteiger partial charge >= 0.3 is 12.4 Å². The topological polar surface area (TPSA) is 59.4 Å². The van der Waals surface area contributed by atoms with Crippen molar-refractivity contribution in [3.63, 3.8) is 0 Å². The second-order valence-corrected chi connectivity index (χ2v) is 7.36. The Morgan fingerprint density at radius 3 is 1.91 bits per heavy atom. The van der Waals surface area contributed by atoms with Gasteiger partial charge in [-0.25, -0.2) is 4.39 Å². The fraction of sp³-hybridized carbons (Fsp3) is 0.273. The van der Waals surface area contributed by atoms with E-state index >= 15 is 0 Å². The fourth-order valence-corrected chi connectivity index (χ4v) is 3.33. The third-order valence-corrected chi connectivity index (χ3v) is 5.08. The van der Waals surface area contributed by atoms with Gasteiger partial charge in [-0.3, -0.25) is 4.79 Å². The van der Waals surface area contributed by atoms with E-state index in [-0.39, 0.29) is 19.2 Å². The Bertz CT molecular complexity index is 1080. The first kappa shape index (κ1) is 24.9. The SMILES string of the molecule is N#C/C(=C/Nc1cc(C(F)(F)F)cc(C(F)(F)F)c1)C(=O)N1CCN(c2ccc(F)cc2)CC1. The molecule has 0 saturated carbocycles. The van der Waals surface area contributed by atoms with E-state index in [1.54, 1.807) is 18.2 Å². The van der Waals surface area contributed by atoms with E-state index in [9.17, 15) is 40.8 Å². The number of hydrogen-bond acceptors (Lipinski definition) is 4. The Balaban J connectivity index is 1.72. The van der Waals surface area contributed by atoms with E-state index in [0.29, 0.717) is 25.2 Å². The molecular weight excluding hydrogens is 469 g/mol. The smallest absolute Gasteiger partial charge is 0.368 e. The third kappa shape index (κ3) is 5.98. The van der Waals surface area contributed by atoms with Gasteiger partial charge in [0.2, 0.25) is 0 Å². The van der Waals surface area contributed by atoms with Crippen molar-refractivity contribution in [2.75, 3.05) is 36.4 Å². The molecule has 0 radical (unpaired) electrons. The summed E-state index contributed by atoms with van der Waals surface area (Å²) in [6, 6.07) is 8.26. The molecule has 34 heavy (non-hydrogen) atoms. The first-order chi connectivity index (χ1) is 15.9. The number of carbonyl (C=O) groups excluding carboxylic acids is 1. The molecule has 12 heteroatoms. The van der Waals surface area contributed by atoms with E-state index in [0.717, 1.165) is 11.9 Å². The number of benzene rings is 2. The highest BCUT2D eigenvalue weighted by Gasteiger charge is 2.37. The first-order valence-corrected chi connectivity index (χ1v) is 9.84. The number of hydrogen-bond donors (Lipinski definition) is 1. The van der Waals surface area contributed by atoms with Crippen molar-refractivity contribution in [1.82, 2.24) is 4.90 Å². The molecule has 2 aromatic rings. The van der Waals surface area contributed by atoms with Crippen LogP contribution < -0.4 is 10.2 Å². The first-order valence-electron chi connectivity index (χ1n) is 9.84. The second kappa shape index (κ2) is 9.62. The van der Waals surface area contributed by atoms with Gasteiger partial charge in [0.05, 0.1) is 11.1 Å². The number of carbonyl (C=O) groups is 1.